The Morgan fingerprint density at radius 3 is 2.24 bits per heavy atom. The first-order chi connectivity index (χ1) is 15.7. The van der Waals surface area contributed by atoms with E-state index in [4.69, 9.17) is 0 Å². The highest BCUT2D eigenvalue weighted by Gasteiger charge is 2.33. The minimum atomic E-state index is -4.68. The number of aryl methyl sites for hydroxylation is 1. The molecule has 0 fully saturated rings. The zero-order valence-electron chi connectivity index (χ0n) is 17.3. The average molecular weight is 504 g/mol. The lowest BCUT2D eigenvalue weighted by Crippen LogP contribution is -2.11. The molecule has 180 valence electrons. The zero-order valence-corrected chi connectivity index (χ0v) is 18.2. The molecule has 0 saturated heterocycles. The molecule has 0 N–H and O–H groups in total. The lowest BCUT2D eigenvalue weighted by atomic mass is 10.2. The third-order valence-corrected chi connectivity index (χ3v) is 6.71. The van der Waals surface area contributed by atoms with Crippen molar-refractivity contribution < 1.29 is 34.8 Å². The van der Waals surface area contributed by atoms with Crippen LogP contribution in [0.4, 0.5) is 26.3 Å². The van der Waals surface area contributed by atoms with Gasteiger partial charge in [-0.25, -0.2) is 28.1 Å². The van der Waals surface area contributed by atoms with Gasteiger partial charge in [0.25, 0.3) is 0 Å². The van der Waals surface area contributed by atoms with Gasteiger partial charge in [0, 0.05) is 19.4 Å². The van der Waals surface area contributed by atoms with E-state index in [1.54, 1.807) is 0 Å². The Kier molecular flexibility index (Phi) is 5.42. The van der Waals surface area contributed by atoms with Crippen molar-refractivity contribution in [2.24, 2.45) is 7.05 Å². The van der Waals surface area contributed by atoms with Crippen molar-refractivity contribution in [3.63, 3.8) is 0 Å². The summed E-state index contributed by atoms with van der Waals surface area (Å²) in [5.41, 5.74) is -2.51. The minimum Gasteiger partial charge on any atom is -0.310 e. The van der Waals surface area contributed by atoms with Gasteiger partial charge in [-0.3, -0.25) is 0 Å². The van der Waals surface area contributed by atoms with Crippen molar-refractivity contribution in [2.75, 3.05) is 5.75 Å². The fraction of sp³-hybridized carbons (Fsp3) is 0.263. The highest BCUT2D eigenvalue weighted by Crippen LogP contribution is 2.33. The monoisotopic (exact) mass is 504 g/mol. The number of aromatic nitrogens is 6. The van der Waals surface area contributed by atoms with Crippen LogP contribution >= 0.6 is 0 Å². The molecule has 0 aromatic carbocycles. The number of hydrogen-bond acceptors (Lipinski definition) is 6. The Bertz CT molecular complexity index is 1500. The summed E-state index contributed by atoms with van der Waals surface area (Å²) in [5, 5.41) is 3.62. The molecule has 34 heavy (non-hydrogen) atoms. The van der Waals surface area contributed by atoms with Crippen LogP contribution in [-0.4, -0.2) is 43.5 Å². The first-order valence-corrected chi connectivity index (χ1v) is 11.1. The van der Waals surface area contributed by atoms with Gasteiger partial charge < -0.3 is 4.57 Å². The van der Waals surface area contributed by atoms with E-state index >= 15 is 0 Å². The summed E-state index contributed by atoms with van der Waals surface area (Å²) >= 11 is 0. The van der Waals surface area contributed by atoms with Crippen molar-refractivity contribution in [1.29, 1.82) is 0 Å². The summed E-state index contributed by atoms with van der Waals surface area (Å²) in [6, 6.07) is 3.06. The molecule has 0 aliphatic carbocycles. The van der Waals surface area contributed by atoms with Gasteiger partial charge >= 0.3 is 12.4 Å². The van der Waals surface area contributed by atoms with Gasteiger partial charge in [0.1, 0.15) is 11.2 Å². The average Bonchev–Trinajstić information content (AvgIpc) is 3.38. The third-order valence-electron chi connectivity index (χ3n) is 4.95. The van der Waals surface area contributed by atoms with Gasteiger partial charge in [-0.15, -0.1) is 0 Å². The highest BCUT2D eigenvalue weighted by atomic mass is 32.2. The summed E-state index contributed by atoms with van der Waals surface area (Å²) in [7, 11) is -2.51. The molecule has 15 heteroatoms. The van der Waals surface area contributed by atoms with Crippen LogP contribution in [0.2, 0.25) is 0 Å². The molecule has 4 heterocycles. The van der Waals surface area contributed by atoms with Crippen LogP contribution in [0.25, 0.3) is 28.5 Å². The molecule has 0 spiro atoms. The topological polar surface area (TPSA) is 95.6 Å². The quantitative estimate of drug-likeness (QED) is 0.389. The van der Waals surface area contributed by atoms with Crippen molar-refractivity contribution in [3.05, 3.63) is 47.9 Å². The summed E-state index contributed by atoms with van der Waals surface area (Å²) in [5.74, 6) is -0.628. The van der Waals surface area contributed by atoms with Crippen molar-refractivity contribution in [2.45, 2.75) is 24.2 Å². The van der Waals surface area contributed by atoms with Crippen molar-refractivity contribution in [3.8, 4) is 17.3 Å². The lowest BCUT2D eigenvalue weighted by Gasteiger charge is -2.11. The molecule has 4 aromatic heterocycles. The molecule has 0 aliphatic rings. The number of imidazole rings is 1. The van der Waals surface area contributed by atoms with E-state index in [1.165, 1.54) is 24.6 Å². The number of halogens is 6. The van der Waals surface area contributed by atoms with E-state index in [0.717, 1.165) is 16.8 Å². The van der Waals surface area contributed by atoms with Crippen molar-refractivity contribution >= 4 is 21.0 Å². The number of pyridine rings is 2. The van der Waals surface area contributed by atoms with Crippen LogP contribution in [-0.2, 0) is 29.2 Å². The van der Waals surface area contributed by atoms with Crippen LogP contribution in [0, 0.1) is 0 Å². The molecule has 0 atom stereocenters. The molecule has 0 bridgehead atoms. The predicted octanol–water partition coefficient (Wildman–Crippen LogP) is 4.05. The maximum absolute atomic E-state index is 13.1. The van der Waals surface area contributed by atoms with E-state index in [0.29, 0.717) is 18.6 Å². The Morgan fingerprint density at radius 1 is 0.971 bits per heavy atom. The molecule has 0 aliphatic heterocycles. The molecule has 0 unspecified atom stereocenters. The van der Waals surface area contributed by atoms with Gasteiger partial charge in [0.15, 0.2) is 27.1 Å². The standard InChI is InChI=1S/C19H14F6N6O2S/c1-3-34(32,33)13-4-5-14(31-9-11(8-27-31)19(23,24)25)29-15(13)17-28-12-6-10(18(20,21)22)7-26-16(12)30(17)2/h4-9H,3H2,1-2H3. The second-order valence-electron chi connectivity index (χ2n) is 7.15. The molecule has 4 rings (SSSR count). The number of sulfone groups is 1. The second-order valence-corrected chi connectivity index (χ2v) is 9.40. The summed E-state index contributed by atoms with van der Waals surface area (Å²) in [6.45, 7) is 1.38. The Hall–Kier alpha value is -3.49. The van der Waals surface area contributed by atoms with Crippen LogP contribution < -0.4 is 0 Å². The number of nitrogens with zero attached hydrogens (tertiary/aromatic N) is 6. The molecular formula is C19H14F6N6O2S. The first-order valence-electron chi connectivity index (χ1n) is 9.48. The van der Waals surface area contributed by atoms with E-state index < -0.39 is 33.3 Å². The van der Waals surface area contributed by atoms with E-state index in [9.17, 15) is 34.8 Å². The normalized spacial score (nSPS) is 13.1. The SMILES string of the molecule is CCS(=O)(=O)c1ccc(-n2cc(C(F)(F)F)cn2)nc1-c1nc2cc(C(F)(F)F)cnc2n1C. The van der Waals surface area contributed by atoms with Gasteiger partial charge in [0.2, 0.25) is 0 Å². The molecule has 8 nitrogen and oxygen atoms in total. The van der Waals surface area contributed by atoms with Gasteiger partial charge in [-0.05, 0) is 18.2 Å². The van der Waals surface area contributed by atoms with Gasteiger partial charge in [-0.2, -0.15) is 31.4 Å². The number of fused-ring (bicyclic) bond motifs is 1. The summed E-state index contributed by atoms with van der Waals surface area (Å²) in [6.07, 6.45) is -7.47. The lowest BCUT2D eigenvalue weighted by molar-refractivity contribution is -0.138. The molecule has 0 saturated carbocycles. The Balaban J connectivity index is 1.95. The van der Waals surface area contributed by atoms with Crippen molar-refractivity contribution in [1.82, 2.24) is 29.3 Å². The summed E-state index contributed by atoms with van der Waals surface area (Å²) in [4.78, 5) is 11.8. The summed E-state index contributed by atoms with van der Waals surface area (Å²) < 4.78 is 106. The Labute approximate surface area is 187 Å². The predicted molar refractivity (Wildman–Crippen MR) is 107 cm³/mol. The molecular weight excluding hydrogens is 490 g/mol. The number of hydrogen-bond donors (Lipinski definition) is 0. The highest BCUT2D eigenvalue weighted by molar-refractivity contribution is 7.91. The minimum absolute atomic E-state index is 0.0218. The second kappa shape index (κ2) is 7.78. The van der Waals surface area contributed by atoms with E-state index in [2.05, 4.69) is 20.1 Å². The smallest absolute Gasteiger partial charge is 0.310 e. The maximum Gasteiger partial charge on any atom is 0.419 e. The maximum atomic E-state index is 13.1. The van der Waals surface area contributed by atoms with E-state index in [1.807, 2.05) is 0 Å². The van der Waals surface area contributed by atoms with Crippen LogP contribution in [0.3, 0.4) is 0 Å². The molecule has 0 amide bonds. The fourth-order valence-electron chi connectivity index (χ4n) is 3.17. The third kappa shape index (κ3) is 4.10. The first kappa shape index (κ1) is 23.7. The zero-order chi connectivity index (χ0) is 25.1. The number of rotatable bonds is 4. The van der Waals surface area contributed by atoms with Crippen LogP contribution in [0.15, 0.2) is 41.7 Å². The fourth-order valence-corrected chi connectivity index (χ4v) is 4.19. The van der Waals surface area contributed by atoms with Crippen LogP contribution in [0.1, 0.15) is 18.1 Å². The number of alkyl halides is 6. The van der Waals surface area contributed by atoms with Gasteiger partial charge in [0.05, 0.1) is 28.0 Å². The molecule has 4 aromatic rings. The largest absolute Gasteiger partial charge is 0.419 e. The Morgan fingerprint density at radius 2 is 1.65 bits per heavy atom. The van der Waals surface area contributed by atoms with Crippen LogP contribution in [0.5, 0.6) is 0 Å². The molecule has 0 radical (unpaired) electrons. The van der Waals surface area contributed by atoms with E-state index in [-0.39, 0.29) is 39.1 Å². The van der Waals surface area contributed by atoms with Gasteiger partial charge in [-0.1, -0.05) is 6.92 Å².